The number of fused-ring (bicyclic) bond motifs is 1. The highest BCUT2D eigenvalue weighted by atomic mass is 79.9. The number of ketones is 1. The van der Waals surface area contributed by atoms with Crippen LogP contribution in [0.3, 0.4) is 0 Å². The Labute approximate surface area is 180 Å². The number of carbonyl (C=O) groups is 2. The number of amides is 1. The molecule has 1 heterocycles. The zero-order valence-corrected chi connectivity index (χ0v) is 18.1. The lowest BCUT2D eigenvalue weighted by molar-refractivity contribution is 0.0995. The summed E-state index contributed by atoms with van der Waals surface area (Å²) < 4.78 is 0.927. The molecule has 0 radical (unpaired) electrons. The van der Waals surface area contributed by atoms with Crippen LogP contribution in [0.4, 0.5) is 11.4 Å². The van der Waals surface area contributed by atoms with E-state index in [-0.39, 0.29) is 11.7 Å². The molecule has 0 saturated carbocycles. The predicted octanol–water partition coefficient (Wildman–Crippen LogP) is 4.73. The van der Waals surface area contributed by atoms with Crippen molar-refractivity contribution in [2.24, 2.45) is 0 Å². The second kappa shape index (κ2) is 9.09. The molecule has 0 aromatic heterocycles. The number of likely N-dealkylation sites (tertiary alicyclic amines) is 1. The van der Waals surface area contributed by atoms with E-state index in [0.717, 1.165) is 35.2 Å². The number of halogens is 1. The third kappa shape index (κ3) is 4.70. The molecule has 2 aliphatic rings. The molecule has 152 valence electrons. The van der Waals surface area contributed by atoms with Crippen molar-refractivity contribution in [1.82, 2.24) is 4.90 Å². The molecule has 6 heteroatoms. The molecule has 2 aromatic carbocycles. The second-order valence-corrected chi connectivity index (χ2v) is 8.59. The van der Waals surface area contributed by atoms with E-state index in [4.69, 9.17) is 0 Å². The molecule has 0 bridgehead atoms. The number of anilines is 2. The number of hydrogen-bond donors (Lipinski definition) is 2. The number of carbonyl (C=O) groups excluding carboxylic acids is 2. The third-order valence-corrected chi connectivity index (χ3v) is 6.48. The lowest BCUT2D eigenvalue weighted by Crippen LogP contribution is -2.33. The summed E-state index contributed by atoms with van der Waals surface area (Å²) in [5, 5.41) is 6.34. The number of nitrogens with one attached hydrogen (secondary N) is 2. The number of benzene rings is 2. The summed E-state index contributed by atoms with van der Waals surface area (Å²) in [6.07, 6.45) is 5.17. The van der Waals surface area contributed by atoms with Crippen LogP contribution in [0.1, 0.15) is 52.0 Å². The van der Waals surface area contributed by atoms with Crippen LogP contribution in [-0.4, -0.2) is 42.8 Å². The lowest BCUT2D eigenvalue weighted by Gasteiger charge is -2.26. The first kappa shape index (κ1) is 20.1. The van der Waals surface area contributed by atoms with Crippen LogP contribution in [0.15, 0.2) is 40.9 Å². The first-order chi connectivity index (χ1) is 14.1. The highest BCUT2D eigenvalue weighted by Gasteiger charge is 2.26. The molecule has 2 aromatic rings. The van der Waals surface area contributed by atoms with Crippen molar-refractivity contribution in [3.63, 3.8) is 0 Å². The maximum Gasteiger partial charge on any atom is 0.255 e. The molecular weight excluding hydrogens is 430 g/mol. The third-order valence-electron chi connectivity index (χ3n) is 5.74. The summed E-state index contributed by atoms with van der Waals surface area (Å²) in [6.45, 7) is 4.34. The number of rotatable bonds is 6. The minimum atomic E-state index is -0.200. The summed E-state index contributed by atoms with van der Waals surface area (Å²) in [7, 11) is 0. The van der Waals surface area contributed by atoms with Crippen molar-refractivity contribution >= 4 is 39.0 Å². The van der Waals surface area contributed by atoms with E-state index < -0.39 is 0 Å². The zero-order valence-electron chi connectivity index (χ0n) is 16.5. The highest BCUT2D eigenvalue weighted by Crippen LogP contribution is 2.34. The highest BCUT2D eigenvalue weighted by molar-refractivity contribution is 9.10. The number of hydrogen-bond acceptors (Lipinski definition) is 4. The van der Waals surface area contributed by atoms with Crippen molar-refractivity contribution in [3.05, 3.63) is 57.6 Å². The Morgan fingerprint density at radius 2 is 1.76 bits per heavy atom. The maximum atomic E-state index is 12.7. The normalized spacial score (nSPS) is 16.5. The first-order valence-electron chi connectivity index (χ1n) is 10.3. The van der Waals surface area contributed by atoms with Gasteiger partial charge in [0.2, 0.25) is 0 Å². The van der Waals surface area contributed by atoms with Crippen molar-refractivity contribution < 1.29 is 9.59 Å². The van der Waals surface area contributed by atoms with Gasteiger partial charge in [-0.05, 0) is 74.3 Å². The van der Waals surface area contributed by atoms with E-state index in [0.29, 0.717) is 23.2 Å². The van der Waals surface area contributed by atoms with Gasteiger partial charge in [0.15, 0.2) is 5.78 Å². The molecule has 2 N–H and O–H groups in total. The van der Waals surface area contributed by atoms with E-state index in [2.05, 4.69) is 31.5 Å². The van der Waals surface area contributed by atoms with Crippen LogP contribution in [-0.2, 0) is 6.42 Å². The SMILES string of the molecule is O=C(Nc1ccc(Br)c2c1C(=O)CC2)c1ccc(NCCN2CCCCC2)cc1. The summed E-state index contributed by atoms with van der Waals surface area (Å²) in [4.78, 5) is 27.4. The average Bonchev–Trinajstić information content (AvgIpc) is 3.14. The minimum Gasteiger partial charge on any atom is -0.384 e. The fourth-order valence-corrected chi connectivity index (χ4v) is 4.66. The average molecular weight is 456 g/mol. The van der Waals surface area contributed by atoms with Gasteiger partial charge in [-0.25, -0.2) is 0 Å². The summed E-state index contributed by atoms with van der Waals surface area (Å²) in [5.74, 6) is -0.112. The van der Waals surface area contributed by atoms with E-state index in [1.54, 1.807) is 6.07 Å². The molecule has 1 aliphatic carbocycles. The van der Waals surface area contributed by atoms with Crippen LogP contribution in [0.5, 0.6) is 0 Å². The van der Waals surface area contributed by atoms with Gasteiger partial charge in [0, 0.05) is 40.8 Å². The van der Waals surface area contributed by atoms with Gasteiger partial charge in [0.05, 0.1) is 5.69 Å². The molecule has 5 nitrogen and oxygen atoms in total. The Kier molecular flexibility index (Phi) is 6.31. The van der Waals surface area contributed by atoms with E-state index in [1.807, 2.05) is 30.3 Å². The molecule has 1 saturated heterocycles. The second-order valence-electron chi connectivity index (χ2n) is 7.73. The lowest BCUT2D eigenvalue weighted by atomic mass is 10.1. The molecule has 29 heavy (non-hydrogen) atoms. The summed E-state index contributed by atoms with van der Waals surface area (Å²) >= 11 is 3.50. The summed E-state index contributed by atoms with van der Waals surface area (Å²) in [6, 6.07) is 11.2. The first-order valence-corrected chi connectivity index (χ1v) is 11.1. The van der Waals surface area contributed by atoms with Gasteiger partial charge in [0.25, 0.3) is 5.91 Å². The van der Waals surface area contributed by atoms with Gasteiger partial charge in [0.1, 0.15) is 0 Å². The van der Waals surface area contributed by atoms with Crippen molar-refractivity contribution in [1.29, 1.82) is 0 Å². The van der Waals surface area contributed by atoms with Gasteiger partial charge in [-0.3, -0.25) is 9.59 Å². The van der Waals surface area contributed by atoms with Gasteiger partial charge in [-0.15, -0.1) is 0 Å². The van der Waals surface area contributed by atoms with Crippen molar-refractivity contribution in [2.45, 2.75) is 32.1 Å². The standard InChI is InChI=1S/C23H26BrN3O2/c24-19-9-10-20(22-18(19)8-11-21(22)28)26-23(29)16-4-6-17(7-5-16)25-12-15-27-13-2-1-3-14-27/h4-7,9-10,25H,1-3,8,11-15H2,(H,26,29). The van der Waals surface area contributed by atoms with Crippen LogP contribution in [0, 0.1) is 0 Å². The number of nitrogens with zero attached hydrogens (tertiary/aromatic N) is 1. The molecule has 4 rings (SSSR count). The van der Waals surface area contributed by atoms with E-state index >= 15 is 0 Å². The Morgan fingerprint density at radius 1 is 1.00 bits per heavy atom. The topological polar surface area (TPSA) is 61.4 Å². The van der Waals surface area contributed by atoms with Gasteiger partial charge in [-0.2, -0.15) is 0 Å². The van der Waals surface area contributed by atoms with Crippen molar-refractivity contribution in [3.8, 4) is 0 Å². The fraction of sp³-hybridized carbons (Fsp3) is 0.391. The molecule has 1 aliphatic heterocycles. The van der Waals surface area contributed by atoms with Gasteiger partial charge >= 0.3 is 0 Å². The smallest absolute Gasteiger partial charge is 0.255 e. The Morgan fingerprint density at radius 3 is 2.52 bits per heavy atom. The number of piperidine rings is 1. The van der Waals surface area contributed by atoms with E-state index in [1.165, 1.54) is 32.4 Å². The maximum absolute atomic E-state index is 12.7. The quantitative estimate of drug-likeness (QED) is 0.660. The molecule has 0 atom stereocenters. The predicted molar refractivity (Wildman–Crippen MR) is 120 cm³/mol. The fourth-order valence-electron chi connectivity index (χ4n) is 4.13. The Hall–Kier alpha value is -2.18. The molecule has 0 unspecified atom stereocenters. The monoisotopic (exact) mass is 455 g/mol. The molecular formula is C23H26BrN3O2. The molecule has 1 fully saturated rings. The van der Waals surface area contributed by atoms with Gasteiger partial charge in [-0.1, -0.05) is 22.4 Å². The van der Waals surface area contributed by atoms with Crippen LogP contribution >= 0.6 is 15.9 Å². The zero-order chi connectivity index (χ0) is 20.2. The van der Waals surface area contributed by atoms with Crippen LogP contribution < -0.4 is 10.6 Å². The van der Waals surface area contributed by atoms with Crippen LogP contribution in [0.25, 0.3) is 0 Å². The van der Waals surface area contributed by atoms with Crippen LogP contribution in [0.2, 0.25) is 0 Å². The molecule has 1 amide bonds. The minimum absolute atomic E-state index is 0.0878. The van der Waals surface area contributed by atoms with E-state index in [9.17, 15) is 9.59 Å². The summed E-state index contributed by atoms with van der Waals surface area (Å²) in [5.41, 5.74) is 3.82. The van der Waals surface area contributed by atoms with Crippen molar-refractivity contribution in [2.75, 3.05) is 36.8 Å². The molecule has 0 spiro atoms. The Bertz CT molecular complexity index is 905. The Balaban J connectivity index is 1.35. The van der Waals surface area contributed by atoms with Gasteiger partial charge < -0.3 is 15.5 Å². The largest absolute Gasteiger partial charge is 0.384 e. The number of Topliss-reactive ketones (excluding diaryl/α,β-unsaturated/α-hetero) is 1.